The van der Waals surface area contributed by atoms with Gasteiger partial charge >= 0.3 is 0 Å². The van der Waals surface area contributed by atoms with E-state index in [9.17, 15) is 13.6 Å². The summed E-state index contributed by atoms with van der Waals surface area (Å²) in [7, 11) is 0. The Kier molecular flexibility index (Phi) is 5.02. The van der Waals surface area contributed by atoms with Gasteiger partial charge in [-0.15, -0.1) is 5.10 Å². The van der Waals surface area contributed by atoms with Crippen LogP contribution in [0.25, 0.3) is 0 Å². The molecule has 1 atom stereocenters. The summed E-state index contributed by atoms with van der Waals surface area (Å²) in [6.07, 6.45) is 4.20. The minimum atomic E-state index is -0.591. The van der Waals surface area contributed by atoms with Crippen LogP contribution in [-0.4, -0.2) is 53.1 Å². The Hall–Kier alpha value is -2.55. The van der Waals surface area contributed by atoms with Crippen molar-refractivity contribution in [2.75, 3.05) is 31.1 Å². The quantitative estimate of drug-likeness (QED) is 0.846. The Morgan fingerprint density at radius 3 is 2.67 bits per heavy atom. The summed E-state index contributed by atoms with van der Waals surface area (Å²) in [6.45, 7) is 2.68. The monoisotopic (exact) mass is 376 g/mol. The third-order valence-corrected chi connectivity index (χ3v) is 5.20. The highest BCUT2D eigenvalue weighted by atomic mass is 19.1. The second kappa shape index (κ2) is 7.59. The van der Waals surface area contributed by atoms with E-state index >= 15 is 0 Å². The second-order valence-electron chi connectivity index (χ2n) is 7.04. The molecular formula is C18H22F2N6O. The van der Waals surface area contributed by atoms with Gasteiger partial charge in [0.1, 0.15) is 17.3 Å². The van der Waals surface area contributed by atoms with E-state index in [1.165, 1.54) is 18.2 Å². The molecule has 1 unspecified atom stereocenters. The van der Waals surface area contributed by atoms with E-state index in [4.69, 9.17) is 0 Å². The van der Waals surface area contributed by atoms with Crippen molar-refractivity contribution in [3.63, 3.8) is 0 Å². The first-order valence-electron chi connectivity index (χ1n) is 9.24. The highest BCUT2D eigenvalue weighted by Gasteiger charge is 2.28. The lowest BCUT2D eigenvalue weighted by Gasteiger charge is -2.22. The van der Waals surface area contributed by atoms with Gasteiger partial charge in [-0.2, -0.15) is 0 Å². The number of anilines is 1. The average molecular weight is 376 g/mol. The molecule has 2 saturated heterocycles. The maximum atomic E-state index is 13.9. The van der Waals surface area contributed by atoms with Gasteiger partial charge in [-0.05, 0) is 44.5 Å². The highest BCUT2D eigenvalue weighted by molar-refractivity contribution is 5.92. The van der Waals surface area contributed by atoms with Crippen LogP contribution in [-0.2, 0) is 0 Å². The third-order valence-electron chi connectivity index (χ3n) is 5.20. The van der Waals surface area contributed by atoms with Crippen LogP contribution in [0.4, 0.5) is 14.5 Å². The number of amides is 1. The first-order chi connectivity index (χ1) is 13.1. The number of rotatable bonds is 4. The minimum Gasteiger partial charge on any atom is -0.365 e. The molecule has 2 fully saturated rings. The number of nitrogens with zero attached hydrogens (tertiary/aromatic N) is 4. The molecule has 0 aliphatic carbocycles. The van der Waals surface area contributed by atoms with Gasteiger partial charge < -0.3 is 15.5 Å². The van der Waals surface area contributed by atoms with E-state index < -0.39 is 11.6 Å². The zero-order valence-electron chi connectivity index (χ0n) is 14.9. The molecule has 7 nitrogen and oxygen atoms in total. The van der Waals surface area contributed by atoms with Gasteiger partial charge in [-0.1, -0.05) is 11.3 Å². The zero-order chi connectivity index (χ0) is 18.8. The maximum Gasteiger partial charge on any atom is 0.273 e. The van der Waals surface area contributed by atoms with Crippen LogP contribution in [0.1, 0.15) is 35.8 Å². The smallest absolute Gasteiger partial charge is 0.273 e. The van der Waals surface area contributed by atoms with Gasteiger partial charge in [0, 0.05) is 19.1 Å². The summed E-state index contributed by atoms with van der Waals surface area (Å²) in [5.41, 5.74) is 0.232. The molecule has 4 rings (SSSR count). The van der Waals surface area contributed by atoms with Gasteiger partial charge in [0.15, 0.2) is 5.69 Å². The molecule has 27 heavy (non-hydrogen) atoms. The molecule has 144 valence electrons. The predicted molar refractivity (Wildman–Crippen MR) is 95.6 cm³/mol. The van der Waals surface area contributed by atoms with E-state index in [1.807, 2.05) is 0 Å². The van der Waals surface area contributed by atoms with Gasteiger partial charge in [0.05, 0.1) is 12.2 Å². The summed E-state index contributed by atoms with van der Waals surface area (Å²) < 4.78 is 29.6. The molecule has 2 aliphatic rings. The van der Waals surface area contributed by atoms with Crippen molar-refractivity contribution in [2.45, 2.75) is 31.3 Å². The molecule has 1 aromatic heterocycles. The lowest BCUT2D eigenvalue weighted by atomic mass is 10.1. The molecular weight excluding hydrogens is 354 g/mol. The fourth-order valence-electron chi connectivity index (χ4n) is 3.76. The number of piperidine rings is 1. The normalized spacial score (nSPS) is 20.8. The van der Waals surface area contributed by atoms with Crippen LogP contribution < -0.4 is 15.5 Å². The average Bonchev–Trinajstić information content (AvgIpc) is 3.32. The topological polar surface area (TPSA) is 75.1 Å². The molecule has 1 amide bonds. The lowest BCUT2D eigenvalue weighted by Crippen LogP contribution is -2.37. The Bertz CT molecular complexity index is 800. The number of halogens is 2. The van der Waals surface area contributed by atoms with Crippen molar-refractivity contribution in [3.05, 3.63) is 41.7 Å². The highest BCUT2D eigenvalue weighted by Crippen LogP contribution is 2.26. The molecule has 3 heterocycles. The Balaban J connectivity index is 1.37. The number of carbonyl (C=O) groups excluding carboxylic acids is 1. The predicted octanol–water partition coefficient (Wildman–Crippen LogP) is 1.49. The van der Waals surface area contributed by atoms with E-state index in [2.05, 4.69) is 20.9 Å². The standard InChI is InChI=1S/C18H22F2N6O/c19-14-2-1-3-15(20)17(14)25-9-6-12(10-25)22-18(27)16-11-26(24-23-16)13-4-7-21-8-5-13/h1-3,11-13,21H,4-10H2,(H,22,27). The first kappa shape index (κ1) is 17.8. The van der Waals surface area contributed by atoms with Crippen molar-refractivity contribution < 1.29 is 13.6 Å². The largest absolute Gasteiger partial charge is 0.365 e. The molecule has 1 aromatic carbocycles. The molecule has 2 aromatic rings. The molecule has 0 radical (unpaired) electrons. The number of aromatic nitrogens is 3. The Labute approximate surface area is 155 Å². The summed E-state index contributed by atoms with van der Waals surface area (Å²) >= 11 is 0. The molecule has 0 saturated carbocycles. The zero-order valence-corrected chi connectivity index (χ0v) is 14.9. The first-order valence-corrected chi connectivity index (χ1v) is 9.24. The second-order valence-corrected chi connectivity index (χ2v) is 7.04. The van der Waals surface area contributed by atoms with E-state index in [1.54, 1.807) is 15.8 Å². The number of benzene rings is 1. The molecule has 2 aliphatic heterocycles. The van der Waals surface area contributed by atoms with Crippen LogP contribution in [0.15, 0.2) is 24.4 Å². The van der Waals surface area contributed by atoms with Gasteiger partial charge in [-0.3, -0.25) is 4.79 Å². The maximum absolute atomic E-state index is 13.9. The Morgan fingerprint density at radius 1 is 1.19 bits per heavy atom. The lowest BCUT2D eigenvalue weighted by molar-refractivity contribution is 0.0935. The van der Waals surface area contributed by atoms with Crippen LogP contribution in [0, 0.1) is 11.6 Å². The number of hydrogen-bond donors (Lipinski definition) is 2. The number of nitrogens with one attached hydrogen (secondary N) is 2. The summed E-state index contributed by atoms with van der Waals surface area (Å²) in [5.74, 6) is -1.49. The number of carbonyl (C=O) groups is 1. The van der Waals surface area contributed by atoms with E-state index in [0.717, 1.165) is 25.9 Å². The van der Waals surface area contributed by atoms with Gasteiger partial charge in [0.2, 0.25) is 0 Å². The van der Waals surface area contributed by atoms with Crippen molar-refractivity contribution in [2.24, 2.45) is 0 Å². The number of hydrogen-bond acceptors (Lipinski definition) is 5. The summed E-state index contributed by atoms with van der Waals surface area (Å²) in [5, 5.41) is 14.3. The molecule has 0 spiro atoms. The SMILES string of the molecule is O=C(NC1CCN(c2c(F)cccc2F)C1)c1cn(C2CCNCC2)nn1. The fourth-order valence-corrected chi connectivity index (χ4v) is 3.76. The molecule has 2 N–H and O–H groups in total. The van der Waals surface area contributed by atoms with Crippen molar-refractivity contribution in [3.8, 4) is 0 Å². The van der Waals surface area contributed by atoms with E-state index in [-0.39, 0.29) is 29.4 Å². The molecule has 9 heteroatoms. The summed E-state index contributed by atoms with van der Waals surface area (Å²) in [4.78, 5) is 14.1. The number of para-hydroxylation sites is 1. The van der Waals surface area contributed by atoms with Crippen molar-refractivity contribution in [1.29, 1.82) is 0 Å². The minimum absolute atomic E-state index is 0.0360. The van der Waals surface area contributed by atoms with E-state index in [0.29, 0.717) is 19.5 Å². The van der Waals surface area contributed by atoms with Crippen LogP contribution in [0.3, 0.4) is 0 Å². The third kappa shape index (κ3) is 3.78. The fraction of sp³-hybridized carbons (Fsp3) is 0.500. The van der Waals surface area contributed by atoms with Gasteiger partial charge in [0.25, 0.3) is 5.91 Å². The van der Waals surface area contributed by atoms with Crippen molar-refractivity contribution >= 4 is 11.6 Å². The van der Waals surface area contributed by atoms with Crippen LogP contribution in [0.5, 0.6) is 0 Å². The van der Waals surface area contributed by atoms with Crippen molar-refractivity contribution in [1.82, 2.24) is 25.6 Å². The van der Waals surface area contributed by atoms with Crippen LogP contribution in [0.2, 0.25) is 0 Å². The summed E-state index contributed by atoms with van der Waals surface area (Å²) in [6, 6.07) is 3.88. The van der Waals surface area contributed by atoms with Gasteiger partial charge in [-0.25, -0.2) is 13.5 Å². The van der Waals surface area contributed by atoms with Crippen LogP contribution >= 0.6 is 0 Å². The Morgan fingerprint density at radius 2 is 1.93 bits per heavy atom. The molecule has 0 bridgehead atoms.